The predicted molar refractivity (Wildman–Crippen MR) is 70.3 cm³/mol. The van der Waals surface area contributed by atoms with E-state index in [4.69, 9.17) is 10.5 Å². The summed E-state index contributed by atoms with van der Waals surface area (Å²) >= 11 is 1.73. The maximum Gasteiger partial charge on any atom is 0.114 e. The molecular formula is C13H16N2OS. The fourth-order valence-electron chi connectivity index (χ4n) is 2.19. The number of thiazole rings is 1. The van der Waals surface area contributed by atoms with Crippen molar-refractivity contribution in [1.29, 1.82) is 0 Å². The molecule has 0 bridgehead atoms. The van der Waals surface area contributed by atoms with Crippen molar-refractivity contribution in [3.8, 4) is 0 Å². The van der Waals surface area contributed by atoms with Crippen LogP contribution in [0.5, 0.6) is 0 Å². The first kappa shape index (κ1) is 11.1. The summed E-state index contributed by atoms with van der Waals surface area (Å²) in [5, 5.41) is 1.06. The quantitative estimate of drug-likeness (QED) is 0.843. The van der Waals surface area contributed by atoms with E-state index in [2.05, 4.69) is 30.1 Å². The Bertz CT molecular complexity index is 543. The average Bonchev–Trinajstić information content (AvgIpc) is 2.73. The zero-order chi connectivity index (χ0) is 11.9. The number of rotatable bonds is 1. The molecule has 1 aliphatic rings. The molecule has 0 radical (unpaired) electrons. The minimum atomic E-state index is -0.282. The van der Waals surface area contributed by atoms with Gasteiger partial charge in [0.15, 0.2) is 0 Å². The summed E-state index contributed by atoms with van der Waals surface area (Å²) in [6.45, 7) is 3.59. The molecule has 2 aromatic rings. The molecule has 2 heterocycles. The third kappa shape index (κ3) is 1.97. The van der Waals surface area contributed by atoms with E-state index in [0.717, 1.165) is 36.6 Å². The lowest BCUT2D eigenvalue weighted by atomic mass is 9.92. The first-order chi connectivity index (χ1) is 8.17. The van der Waals surface area contributed by atoms with E-state index in [1.54, 1.807) is 11.3 Å². The van der Waals surface area contributed by atoms with Crippen LogP contribution in [0.25, 0.3) is 10.2 Å². The Morgan fingerprint density at radius 3 is 2.88 bits per heavy atom. The van der Waals surface area contributed by atoms with Gasteiger partial charge in [-0.15, -0.1) is 11.3 Å². The van der Waals surface area contributed by atoms with Gasteiger partial charge in [0.05, 0.1) is 15.8 Å². The molecular weight excluding hydrogens is 232 g/mol. The van der Waals surface area contributed by atoms with Crippen LogP contribution in [0, 0.1) is 6.92 Å². The van der Waals surface area contributed by atoms with Crippen molar-refractivity contribution in [3.63, 3.8) is 0 Å². The number of nitrogens with zero attached hydrogens (tertiary/aromatic N) is 1. The van der Waals surface area contributed by atoms with E-state index in [-0.39, 0.29) is 5.54 Å². The number of aryl methyl sites for hydroxylation is 1. The van der Waals surface area contributed by atoms with Crippen molar-refractivity contribution >= 4 is 21.6 Å². The molecule has 0 amide bonds. The zero-order valence-corrected chi connectivity index (χ0v) is 10.7. The fraction of sp³-hybridized carbons (Fsp3) is 0.462. The lowest BCUT2D eigenvalue weighted by Crippen LogP contribution is -2.42. The first-order valence-corrected chi connectivity index (χ1v) is 6.73. The van der Waals surface area contributed by atoms with Gasteiger partial charge in [0.25, 0.3) is 0 Å². The highest BCUT2D eigenvalue weighted by Gasteiger charge is 2.33. The van der Waals surface area contributed by atoms with Crippen molar-refractivity contribution < 1.29 is 4.74 Å². The average molecular weight is 248 g/mol. The number of benzene rings is 1. The van der Waals surface area contributed by atoms with Gasteiger partial charge in [0.2, 0.25) is 0 Å². The van der Waals surface area contributed by atoms with Gasteiger partial charge >= 0.3 is 0 Å². The summed E-state index contributed by atoms with van der Waals surface area (Å²) in [5.74, 6) is 0. The first-order valence-electron chi connectivity index (χ1n) is 5.92. The highest BCUT2D eigenvalue weighted by atomic mass is 32.1. The van der Waals surface area contributed by atoms with Gasteiger partial charge in [0, 0.05) is 13.2 Å². The molecule has 90 valence electrons. The van der Waals surface area contributed by atoms with E-state index in [0.29, 0.717) is 0 Å². The van der Waals surface area contributed by atoms with Crippen LogP contribution in [0.2, 0.25) is 0 Å². The Hall–Kier alpha value is -0.970. The van der Waals surface area contributed by atoms with Crippen molar-refractivity contribution in [1.82, 2.24) is 4.98 Å². The van der Waals surface area contributed by atoms with E-state index in [9.17, 15) is 0 Å². The Kier molecular flexibility index (Phi) is 2.65. The van der Waals surface area contributed by atoms with Crippen molar-refractivity contribution in [2.24, 2.45) is 5.73 Å². The van der Waals surface area contributed by atoms with Gasteiger partial charge in [-0.2, -0.15) is 0 Å². The van der Waals surface area contributed by atoms with E-state index >= 15 is 0 Å². The predicted octanol–water partition coefficient (Wildman–Crippen LogP) is 2.57. The van der Waals surface area contributed by atoms with E-state index < -0.39 is 0 Å². The molecule has 1 aromatic carbocycles. The van der Waals surface area contributed by atoms with Gasteiger partial charge in [-0.05, 0) is 37.5 Å². The molecule has 3 rings (SSSR count). The van der Waals surface area contributed by atoms with Crippen LogP contribution >= 0.6 is 11.3 Å². The summed E-state index contributed by atoms with van der Waals surface area (Å²) in [6, 6.07) is 6.35. The number of ether oxygens (including phenoxy) is 1. The lowest BCUT2D eigenvalue weighted by molar-refractivity contribution is 0.0522. The molecule has 0 aliphatic carbocycles. The Morgan fingerprint density at radius 1 is 1.35 bits per heavy atom. The number of hydrogen-bond acceptors (Lipinski definition) is 4. The molecule has 4 heteroatoms. The van der Waals surface area contributed by atoms with Gasteiger partial charge in [0.1, 0.15) is 5.01 Å². The summed E-state index contributed by atoms with van der Waals surface area (Å²) in [5.41, 5.74) is 8.50. The topological polar surface area (TPSA) is 48.1 Å². The van der Waals surface area contributed by atoms with Crippen LogP contribution < -0.4 is 5.73 Å². The second-order valence-corrected chi connectivity index (χ2v) is 5.79. The van der Waals surface area contributed by atoms with Crippen LogP contribution in [0.1, 0.15) is 23.4 Å². The van der Waals surface area contributed by atoms with Crippen LogP contribution in [0.15, 0.2) is 18.2 Å². The standard InChI is InChI=1S/C13H16N2OS/c1-9-2-3-10-11(8-9)17-12(15-10)13(14)4-6-16-7-5-13/h2-3,8H,4-7,14H2,1H3. The highest BCUT2D eigenvalue weighted by molar-refractivity contribution is 7.18. The minimum absolute atomic E-state index is 0.282. The Morgan fingerprint density at radius 2 is 2.12 bits per heavy atom. The normalized spacial score (nSPS) is 19.6. The van der Waals surface area contributed by atoms with Crippen LogP contribution in [-0.4, -0.2) is 18.2 Å². The summed E-state index contributed by atoms with van der Waals surface area (Å²) in [7, 11) is 0. The summed E-state index contributed by atoms with van der Waals surface area (Å²) in [4.78, 5) is 4.69. The lowest BCUT2D eigenvalue weighted by Gasteiger charge is -2.31. The number of hydrogen-bond donors (Lipinski definition) is 1. The molecule has 1 aliphatic heterocycles. The number of fused-ring (bicyclic) bond motifs is 1. The summed E-state index contributed by atoms with van der Waals surface area (Å²) < 4.78 is 6.61. The molecule has 0 spiro atoms. The molecule has 17 heavy (non-hydrogen) atoms. The van der Waals surface area contributed by atoms with Gasteiger partial charge < -0.3 is 10.5 Å². The van der Waals surface area contributed by atoms with Crippen molar-refractivity contribution in [2.75, 3.05) is 13.2 Å². The molecule has 0 atom stereocenters. The third-order valence-corrected chi connectivity index (χ3v) is 4.59. The number of nitrogens with two attached hydrogens (primary N) is 1. The molecule has 2 N–H and O–H groups in total. The molecule has 0 saturated carbocycles. The van der Waals surface area contributed by atoms with E-state index in [1.165, 1.54) is 10.3 Å². The van der Waals surface area contributed by atoms with Gasteiger partial charge in [-0.1, -0.05) is 6.07 Å². The second-order valence-electron chi connectivity index (χ2n) is 4.76. The maximum absolute atomic E-state index is 6.45. The SMILES string of the molecule is Cc1ccc2nc(C3(N)CCOCC3)sc2c1. The smallest absolute Gasteiger partial charge is 0.114 e. The molecule has 1 saturated heterocycles. The van der Waals surface area contributed by atoms with Gasteiger partial charge in [-0.3, -0.25) is 0 Å². The highest BCUT2D eigenvalue weighted by Crippen LogP contribution is 2.35. The van der Waals surface area contributed by atoms with Crippen molar-refractivity contribution in [3.05, 3.63) is 28.8 Å². The fourth-order valence-corrected chi connectivity index (χ4v) is 3.42. The summed E-state index contributed by atoms with van der Waals surface area (Å²) in [6.07, 6.45) is 1.73. The molecule has 1 aromatic heterocycles. The molecule has 1 fully saturated rings. The molecule has 3 nitrogen and oxygen atoms in total. The largest absolute Gasteiger partial charge is 0.381 e. The van der Waals surface area contributed by atoms with Gasteiger partial charge in [-0.25, -0.2) is 4.98 Å². The zero-order valence-electron chi connectivity index (χ0n) is 9.90. The Balaban J connectivity index is 2.05. The maximum atomic E-state index is 6.45. The number of aromatic nitrogens is 1. The van der Waals surface area contributed by atoms with E-state index in [1.807, 2.05) is 0 Å². The van der Waals surface area contributed by atoms with Crippen LogP contribution in [0.3, 0.4) is 0 Å². The Labute approximate surface area is 105 Å². The van der Waals surface area contributed by atoms with Crippen LogP contribution in [-0.2, 0) is 10.3 Å². The monoisotopic (exact) mass is 248 g/mol. The molecule has 0 unspecified atom stereocenters. The second kappa shape index (κ2) is 4.05. The van der Waals surface area contributed by atoms with Crippen LogP contribution in [0.4, 0.5) is 0 Å². The minimum Gasteiger partial charge on any atom is -0.381 e. The van der Waals surface area contributed by atoms with Crippen molar-refractivity contribution in [2.45, 2.75) is 25.3 Å². The third-order valence-electron chi connectivity index (χ3n) is 3.35.